The van der Waals surface area contributed by atoms with Crippen LogP contribution in [0.4, 0.5) is 5.69 Å². The molecule has 1 aromatic heterocycles. The number of hydrogen-bond acceptors (Lipinski definition) is 8. The van der Waals surface area contributed by atoms with Crippen LogP contribution in [0, 0.1) is 17.2 Å². The zero-order valence-electron chi connectivity index (χ0n) is 26.8. The summed E-state index contributed by atoms with van der Waals surface area (Å²) in [5, 5.41) is 8.99. The summed E-state index contributed by atoms with van der Waals surface area (Å²) in [6.07, 6.45) is 5.66. The lowest BCUT2D eigenvalue weighted by Gasteiger charge is -2.34. The molecule has 0 aliphatic carbocycles. The number of rotatable bonds is 9. The maximum absolute atomic E-state index is 13.2. The van der Waals surface area contributed by atoms with Gasteiger partial charge in [0.25, 0.3) is 5.91 Å². The molecule has 9 heteroatoms. The van der Waals surface area contributed by atoms with E-state index < -0.39 is 0 Å². The van der Waals surface area contributed by atoms with Crippen molar-refractivity contribution in [2.75, 3.05) is 64.3 Å². The number of likely N-dealkylation sites (N-methyl/N-ethyl adjacent to an activating group) is 1. The second-order valence-electron chi connectivity index (χ2n) is 13.0. The molecule has 0 radical (unpaired) electrons. The third-order valence-electron chi connectivity index (χ3n) is 9.71. The number of piperazine rings is 1. The van der Waals surface area contributed by atoms with Gasteiger partial charge in [0.1, 0.15) is 17.5 Å². The summed E-state index contributed by atoms with van der Waals surface area (Å²) in [4.78, 5) is 39.6. The number of benzene rings is 2. The van der Waals surface area contributed by atoms with Crippen molar-refractivity contribution >= 4 is 17.4 Å². The van der Waals surface area contributed by atoms with Gasteiger partial charge in [-0.05, 0) is 93.0 Å². The van der Waals surface area contributed by atoms with E-state index in [0.717, 1.165) is 77.2 Å². The third kappa shape index (κ3) is 8.11. The number of hydrogen-bond donors (Lipinski definition) is 0. The van der Waals surface area contributed by atoms with Gasteiger partial charge in [-0.2, -0.15) is 5.26 Å². The van der Waals surface area contributed by atoms with Gasteiger partial charge >= 0.3 is 0 Å². The number of likely N-dealkylation sites (tertiary alicyclic amines) is 2. The van der Waals surface area contributed by atoms with E-state index in [4.69, 9.17) is 10.00 Å². The molecule has 6 rings (SSSR count). The van der Waals surface area contributed by atoms with Crippen LogP contribution in [0.15, 0.2) is 66.9 Å². The van der Waals surface area contributed by atoms with Crippen molar-refractivity contribution in [1.82, 2.24) is 19.7 Å². The molecule has 240 valence electrons. The second kappa shape index (κ2) is 14.9. The highest BCUT2D eigenvalue weighted by atomic mass is 16.5. The number of aromatic nitrogens is 1. The van der Waals surface area contributed by atoms with Gasteiger partial charge in [-0.1, -0.05) is 12.1 Å². The van der Waals surface area contributed by atoms with E-state index in [9.17, 15) is 9.59 Å². The first-order valence-electron chi connectivity index (χ1n) is 16.6. The summed E-state index contributed by atoms with van der Waals surface area (Å²) in [6, 6.07) is 21.8. The first-order chi connectivity index (χ1) is 22.4. The van der Waals surface area contributed by atoms with E-state index in [1.807, 2.05) is 29.2 Å². The minimum atomic E-state index is -0.0939. The number of nitriles is 1. The van der Waals surface area contributed by atoms with Crippen LogP contribution in [0.3, 0.4) is 0 Å². The van der Waals surface area contributed by atoms with Crippen molar-refractivity contribution in [3.63, 3.8) is 0 Å². The van der Waals surface area contributed by atoms with E-state index in [1.54, 1.807) is 18.3 Å². The molecule has 46 heavy (non-hydrogen) atoms. The van der Waals surface area contributed by atoms with Gasteiger partial charge in [0.2, 0.25) is 0 Å². The van der Waals surface area contributed by atoms with E-state index in [1.165, 1.54) is 11.3 Å². The van der Waals surface area contributed by atoms with Gasteiger partial charge in [0.15, 0.2) is 5.78 Å². The Morgan fingerprint density at radius 3 is 2.17 bits per heavy atom. The fourth-order valence-electron chi connectivity index (χ4n) is 6.69. The lowest BCUT2D eigenvalue weighted by molar-refractivity contribution is 0.0589. The van der Waals surface area contributed by atoms with Crippen molar-refractivity contribution < 1.29 is 14.3 Å². The zero-order valence-corrected chi connectivity index (χ0v) is 26.8. The average molecular weight is 621 g/mol. The largest absolute Gasteiger partial charge is 0.490 e. The second-order valence-corrected chi connectivity index (χ2v) is 13.0. The highest BCUT2D eigenvalue weighted by Gasteiger charge is 2.27. The van der Waals surface area contributed by atoms with Crippen LogP contribution in [-0.2, 0) is 6.54 Å². The van der Waals surface area contributed by atoms with Crippen LogP contribution in [0.2, 0.25) is 0 Å². The van der Waals surface area contributed by atoms with Gasteiger partial charge in [-0.3, -0.25) is 19.5 Å². The maximum Gasteiger partial charge on any atom is 0.272 e. The normalized spacial score (nSPS) is 18.7. The Kier molecular flexibility index (Phi) is 10.3. The molecule has 0 N–H and O–H groups in total. The summed E-state index contributed by atoms with van der Waals surface area (Å²) >= 11 is 0. The topological polar surface area (TPSA) is 93.0 Å². The van der Waals surface area contributed by atoms with E-state index in [0.29, 0.717) is 42.2 Å². The number of carbonyl (C=O) groups is 2. The molecule has 0 bridgehead atoms. The Morgan fingerprint density at radius 1 is 0.848 bits per heavy atom. The lowest BCUT2D eigenvalue weighted by atomic mass is 9.90. The Morgan fingerprint density at radius 2 is 1.54 bits per heavy atom. The minimum absolute atomic E-state index is 0.0781. The average Bonchev–Trinajstić information content (AvgIpc) is 3.10. The smallest absolute Gasteiger partial charge is 0.272 e. The monoisotopic (exact) mass is 620 g/mol. The number of Topliss-reactive ketones (excluding diaryl/α,β-unsaturated/α-hetero) is 1. The van der Waals surface area contributed by atoms with E-state index in [-0.39, 0.29) is 17.8 Å². The van der Waals surface area contributed by atoms with Crippen LogP contribution in [0.5, 0.6) is 5.75 Å². The van der Waals surface area contributed by atoms with E-state index >= 15 is 0 Å². The van der Waals surface area contributed by atoms with Gasteiger partial charge in [0.05, 0.1) is 11.6 Å². The molecule has 0 atom stereocenters. The van der Waals surface area contributed by atoms with E-state index in [2.05, 4.69) is 57.1 Å². The quantitative estimate of drug-likeness (QED) is 0.313. The number of anilines is 1. The molecule has 0 saturated carbocycles. The fourth-order valence-corrected chi connectivity index (χ4v) is 6.69. The Hall–Kier alpha value is -4.26. The van der Waals surface area contributed by atoms with Gasteiger partial charge in [0, 0.05) is 82.5 Å². The summed E-state index contributed by atoms with van der Waals surface area (Å²) < 4.78 is 6.26. The standard InChI is InChI=1S/C37H44N6O3/c1-40-20-22-42(23-21-40)32-7-9-33(10-8-32)46-34-14-18-43(19-15-34)37(45)35-11-6-31(26-39-35)36(44)24-28-12-16-41(17-13-28)27-30-4-2-29(25-38)3-5-30/h2-11,26,28,34H,12-24,27H2,1H3. The molecule has 3 fully saturated rings. The minimum Gasteiger partial charge on any atom is -0.490 e. The molecule has 0 spiro atoms. The molecule has 4 heterocycles. The highest BCUT2D eigenvalue weighted by Crippen LogP contribution is 2.26. The van der Waals surface area contributed by atoms with Gasteiger partial charge < -0.3 is 19.4 Å². The predicted octanol–water partition coefficient (Wildman–Crippen LogP) is 4.87. The number of amides is 1. The highest BCUT2D eigenvalue weighted by molar-refractivity contribution is 5.97. The number of carbonyl (C=O) groups excluding carboxylic acids is 2. The Labute approximate surface area is 272 Å². The number of ether oxygens (including phenoxy) is 1. The molecule has 9 nitrogen and oxygen atoms in total. The summed E-state index contributed by atoms with van der Waals surface area (Å²) in [6.45, 7) is 8.25. The summed E-state index contributed by atoms with van der Waals surface area (Å²) in [5.41, 5.74) is 4.07. The molecular weight excluding hydrogens is 576 g/mol. The zero-order chi connectivity index (χ0) is 31.9. The predicted molar refractivity (Wildman–Crippen MR) is 178 cm³/mol. The van der Waals surface area contributed by atoms with Crippen LogP contribution >= 0.6 is 0 Å². The van der Waals surface area contributed by atoms with Crippen LogP contribution in [-0.4, -0.2) is 96.9 Å². The van der Waals surface area contributed by atoms with Crippen molar-refractivity contribution in [2.45, 2.75) is 44.8 Å². The van der Waals surface area contributed by atoms with Crippen molar-refractivity contribution in [1.29, 1.82) is 5.26 Å². The number of piperidine rings is 2. The third-order valence-corrected chi connectivity index (χ3v) is 9.71. The van der Waals surface area contributed by atoms with Crippen LogP contribution in [0.25, 0.3) is 0 Å². The van der Waals surface area contributed by atoms with Gasteiger partial charge in [-0.15, -0.1) is 0 Å². The maximum atomic E-state index is 13.2. The van der Waals surface area contributed by atoms with Gasteiger partial charge in [-0.25, -0.2) is 0 Å². The Balaban J connectivity index is 0.915. The molecule has 3 aromatic rings. The van der Waals surface area contributed by atoms with Crippen LogP contribution < -0.4 is 9.64 Å². The SMILES string of the molecule is CN1CCN(c2ccc(OC3CCN(C(=O)c4ccc(C(=O)CC5CCN(Cc6ccc(C#N)cc6)CC5)cn4)CC3)cc2)CC1. The first kappa shape index (κ1) is 31.7. The first-order valence-corrected chi connectivity index (χ1v) is 16.6. The Bertz CT molecular complexity index is 1490. The fraction of sp³-hybridized carbons (Fsp3) is 0.459. The molecule has 3 aliphatic rings. The molecular formula is C37H44N6O3. The molecule has 1 amide bonds. The molecule has 0 unspecified atom stereocenters. The van der Waals surface area contributed by atoms with Crippen molar-refractivity contribution in [3.05, 3.63) is 89.2 Å². The number of nitrogens with zero attached hydrogens (tertiary/aromatic N) is 6. The van der Waals surface area contributed by atoms with Crippen LogP contribution in [0.1, 0.15) is 64.1 Å². The number of ketones is 1. The summed E-state index contributed by atoms with van der Waals surface area (Å²) in [5.74, 6) is 1.22. The number of pyridine rings is 1. The molecule has 3 saturated heterocycles. The van der Waals surface area contributed by atoms with Crippen molar-refractivity contribution in [2.24, 2.45) is 5.92 Å². The lowest BCUT2D eigenvalue weighted by Crippen LogP contribution is -2.44. The van der Waals surface area contributed by atoms with Crippen molar-refractivity contribution in [3.8, 4) is 11.8 Å². The molecule has 2 aromatic carbocycles. The summed E-state index contributed by atoms with van der Waals surface area (Å²) in [7, 11) is 2.16. The molecule has 3 aliphatic heterocycles.